The molecule has 0 aromatic carbocycles. The molecule has 6 nitrogen and oxygen atoms in total. The number of likely N-dealkylation sites (N-methyl/N-ethyl adjacent to an activating group) is 2. The van der Waals surface area contributed by atoms with Gasteiger partial charge in [-0.15, -0.1) is 0 Å². The first-order chi connectivity index (χ1) is 9.96. The van der Waals surface area contributed by atoms with Crippen molar-refractivity contribution in [3.8, 4) is 0 Å². The average molecular weight is 292 g/mol. The molecule has 0 aliphatic heterocycles. The Morgan fingerprint density at radius 2 is 1.86 bits per heavy atom. The summed E-state index contributed by atoms with van der Waals surface area (Å²) in [6.07, 6.45) is 1.70. The fraction of sp³-hybridized carbons (Fsp3) is 0.533. The number of aromatic nitrogens is 1. The van der Waals surface area contributed by atoms with Crippen molar-refractivity contribution in [2.75, 3.05) is 38.5 Å². The van der Waals surface area contributed by atoms with Gasteiger partial charge in [0.2, 0.25) is 11.8 Å². The molecule has 6 heteroatoms. The molecule has 0 aliphatic carbocycles. The minimum absolute atomic E-state index is 0.0313. The number of rotatable bonds is 7. The molecule has 1 rings (SSSR count). The Hall–Kier alpha value is -1.95. The Balaban J connectivity index is 2.43. The van der Waals surface area contributed by atoms with Gasteiger partial charge in [-0.3, -0.25) is 14.5 Å². The predicted molar refractivity (Wildman–Crippen MR) is 83.0 cm³/mol. The van der Waals surface area contributed by atoms with Crippen LogP contribution in [-0.2, 0) is 9.59 Å². The third kappa shape index (κ3) is 5.91. The Morgan fingerprint density at radius 1 is 1.19 bits per heavy atom. The summed E-state index contributed by atoms with van der Waals surface area (Å²) in [4.78, 5) is 31.4. The van der Waals surface area contributed by atoms with E-state index in [9.17, 15) is 9.59 Å². The molecule has 21 heavy (non-hydrogen) atoms. The largest absolute Gasteiger partial charge is 0.342 e. The van der Waals surface area contributed by atoms with Gasteiger partial charge in [0.15, 0.2) is 0 Å². The summed E-state index contributed by atoms with van der Waals surface area (Å²) in [5, 5.41) is 2.71. The van der Waals surface area contributed by atoms with Crippen molar-refractivity contribution < 1.29 is 9.59 Å². The number of pyridine rings is 1. The Bertz CT molecular complexity index is 469. The SMILES string of the molecule is CCN(CC)C(=O)CN(C)CC(=O)Nc1ccc(C)cn1. The van der Waals surface area contributed by atoms with Crippen LogP contribution in [0.1, 0.15) is 19.4 Å². The average Bonchev–Trinajstić information content (AvgIpc) is 2.42. The van der Waals surface area contributed by atoms with Crippen LogP contribution in [0.2, 0.25) is 0 Å². The molecule has 116 valence electrons. The van der Waals surface area contributed by atoms with Crippen LogP contribution in [0.3, 0.4) is 0 Å². The highest BCUT2D eigenvalue weighted by atomic mass is 16.2. The number of hydrogen-bond acceptors (Lipinski definition) is 4. The zero-order chi connectivity index (χ0) is 15.8. The molecule has 0 saturated carbocycles. The second kappa shape index (κ2) is 8.36. The van der Waals surface area contributed by atoms with Gasteiger partial charge in [0.1, 0.15) is 5.82 Å². The summed E-state index contributed by atoms with van der Waals surface area (Å²) in [6.45, 7) is 7.57. The fourth-order valence-corrected chi connectivity index (χ4v) is 1.93. The van der Waals surface area contributed by atoms with Gasteiger partial charge in [-0.1, -0.05) is 6.07 Å². The molecule has 1 N–H and O–H groups in total. The smallest absolute Gasteiger partial charge is 0.239 e. The molecule has 0 saturated heterocycles. The predicted octanol–water partition coefficient (Wildman–Crippen LogP) is 1.13. The van der Waals surface area contributed by atoms with Crippen LogP contribution >= 0.6 is 0 Å². The topological polar surface area (TPSA) is 65.5 Å². The lowest BCUT2D eigenvalue weighted by Crippen LogP contribution is -2.41. The lowest BCUT2D eigenvalue weighted by atomic mass is 10.3. The number of aryl methyl sites for hydroxylation is 1. The van der Waals surface area contributed by atoms with E-state index in [1.807, 2.05) is 26.8 Å². The van der Waals surface area contributed by atoms with Crippen molar-refractivity contribution >= 4 is 17.6 Å². The van der Waals surface area contributed by atoms with E-state index >= 15 is 0 Å². The standard InChI is InChI=1S/C15H24N4O2/c1-5-19(6-2)15(21)11-18(4)10-14(20)17-13-8-7-12(3)9-16-13/h7-9H,5-6,10-11H2,1-4H3,(H,16,17,20). The summed E-state index contributed by atoms with van der Waals surface area (Å²) in [6, 6.07) is 3.64. The van der Waals surface area contributed by atoms with Crippen molar-refractivity contribution in [3.05, 3.63) is 23.9 Å². The minimum Gasteiger partial charge on any atom is -0.342 e. The van der Waals surface area contributed by atoms with E-state index < -0.39 is 0 Å². The van der Waals surface area contributed by atoms with E-state index in [0.717, 1.165) is 5.56 Å². The van der Waals surface area contributed by atoms with Crippen molar-refractivity contribution in [3.63, 3.8) is 0 Å². The molecule has 0 bridgehead atoms. The van der Waals surface area contributed by atoms with E-state index in [0.29, 0.717) is 18.9 Å². The third-order valence-corrected chi connectivity index (χ3v) is 3.11. The van der Waals surface area contributed by atoms with Crippen LogP contribution in [-0.4, -0.2) is 59.8 Å². The Kier molecular flexibility index (Phi) is 6.81. The molecule has 2 amide bonds. The highest BCUT2D eigenvalue weighted by molar-refractivity contribution is 5.91. The Morgan fingerprint density at radius 3 is 2.38 bits per heavy atom. The highest BCUT2D eigenvalue weighted by Crippen LogP contribution is 2.03. The molecule has 0 aliphatic rings. The van der Waals surface area contributed by atoms with Gasteiger partial charge in [0.25, 0.3) is 0 Å². The first-order valence-electron chi connectivity index (χ1n) is 7.15. The zero-order valence-electron chi connectivity index (χ0n) is 13.2. The maximum Gasteiger partial charge on any atom is 0.239 e. The lowest BCUT2D eigenvalue weighted by molar-refractivity contribution is -0.132. The first kappa shape index (κ1) is 17.1. The number of anilines is 1. The number of amides is 2. The van der Waals surface area contributed by atoms with E-state index in [1.165, 1.54) is 0 Å². The maximum atomic E-state index is 11.9. The van der Waals surface area contributed by atoms with E-state index in [4.69, 9.17) is 0 Å². The van der Waals surface area contributed by atoms with E-state index in [-0.39, 0.29) is 24.9 Å². The van der Waals surface area contributed by atoms with Crippen LogP contribution in [0.15, 0.2) is 18.3 Å². The first-order valence-corrected chi connectivity index (χ1v) is 7.15. The summed E-state index contributed by atoms with van der Waals surface area (Å²) < 4.78 is 0. The van der Waals surface area contributed by atoms with Crippen molar-refractivity contribution in [2.45, 2.75) is 20.8 Å². The molecule has 1 aromatic rings. The minimum atomic E-state index is -0.179. The maximum absolute atomic E-state index is 11.9. The van der Waals surface area contributed by atoms with E-state index in [2.05, 4.69) is 10.3 Å². The molecular formula is C15H24N4O2. The second-order valence-corrected chi connectivity index (χ2v) is 5.01. The lowest BCUT2D eigenvalue weighted by Gasteiger charge is -2.22. The Labute approximate surface area is 126 Å². The van der Waals surface area contributed by atoms with Gasteiger partial charge in [-0.05, 0) is 39.4 Å². The van der Waals surface area contributed by atoms with Gasteiger partial charge in [0, 0.05) is 19.3 Å². The summed E-state index contributed by atoms with van der Waals surface area (Å²) in [7, 11) is 1.75. The van der Waals surface area contributed by atoms with Gasteiger partial charge in [-0.25, -0.2) is 4.98 Å². The molecule has 0 fully saturated rings. The van der Waals surface area contributed by atoms with Crippen LogP contribution < -0.4 is 5.32 Å². The quantitative estimate of drug-likeness (QED) is 0.818. The molecule has 0 unspecified atom stereocenters. The van der Waals surface area contributed by atoms with Crippen LogP contribution in [0.5, 0.6) is 0 Å². The van der Waals surface area contributed by atoms with Crippen molar-refractivity contribution in [1.82, 2.24) is 14.8 Å². The summed E-state index contributed by atoms with van der Waals surface area (Å²) in [5.74, 6) is 0.374. The molecule has 1 heterocycles. The fourth-order valence-electron chi connectivity index (χ4n) is 1.93. The molecule has 0 spiro atoms. The number of carbonyl (C=O) groups excluding carboxylic acids is 2. The van der Waals surface area contributed by atoms with Gasteiger partial charge in [0.05, 0.1) is 13.1 Å². The number of nitrogens with one attached hydrogen (secondary N) is 1. The van der Waals surface area contributed by atoms with Gasteiger partial charge < -0.3 is 10.2 Å². The van der Waals surface area contributed by atoms with Crippen LogP contribution in [0.25, 0.3) is 0 Å². The van der Waals surface area contributed by atoms with Crippen molar-refractivity contribution in [1.29, 1.82) is 0 Å². The number of nitrogens with zero attached hydrogens (tertiary/aromatic N) is 3. The summed E-state index contributed by atoms with van der Waals surface area (Å²) in [5.41, 5.74) is 1.04. The normalized spacial score (nSPS) is 10.5. The van der Waals surface area contributed by atoms with Crippen molar-refractivity contribution in [2.24, 2.45) is 0 Å². The highest BCUT2D eigenvalue weighted by Gasteiger charge is 2.14. The van der Waals surface area contributed by atoms with E-state index in [1.54, 1.807) is 29.1 Å². The number of carbonyl (C=O) groups is 2. The van der Waals surface area contributed by atoms with Crippen LogP contribution in [0, 0.1) is 6.92 Å². The second-order valence-electron chi connectivity index (χ2n) is 5.01. The molecule has 1 aromatic heterocycles. The molecule has 0 radical (unpaired) electrons. The van der Waals surface area contributed by atoms with Gasteiger partial charge in [-0.2, -0.15) is 0 Å². The summed E-state index contributed by atoms with van der Waals surface area (Å²) >= 11 is 0. The van der Waals surface area contributed by atoms with Crippen LogP contribution in [0.4, 0.5) is 5.82 Å². The molecular weight excluding hydrogens is 268 g/mol. The third-order valence-electron chi connectivity index (χ3n) is 3.11. The monoisotopic (exact) mass is 292 g/mol. The van der Waals surface area contributed by atoms with Gasteiger partial charge >= 0.3 is 0 Å². The number of hydrogen-bond donors (Lipinski definition) is 1. The molecule has 0 atom stereocenters. The zero-order valence-corrected chi connectivity index (χ0v) is 13.2.